The van der Waals surface area contributed by atoms with E-state index in [4.69, 9.17) is 4.99 Å². The fourth-order valence-corrected chi connectivity index (χ4v) is 3.31. The van der Waals surface area contributed by atoms with Gasteiger partial charge in [-0.25, -0.2) is 9.38 Å². The van der Waals surface area contributed by atoms with Crippen LogP contribution in [0.4, 0.5) is 4.39 Å². The molecule has 0 atom stereocenters. The van der Waals surface area contributed by atoms with Crippen LogP contribution in [0.15, 0.2) is 53.7 Å². The first-order chi connectivity index (χ1) is 14.0. The number of guanidine groups is 1. The fourth-order valence-electron chi connectivity index (χ4n) is 3.31. The van der Waals surface area contributed by atoms with Crippen LogP contribution < -0.4 is 10.6 Å². The minimum Gasteiger partial charge on any atom is -0.361 e. The number of aliphatic imine (C=N–C) groups is 1. The van der Waals surface area contributed by atoms with Crippen LogP contribution in [0.1, 0.15) is 23.6 Å². The zero-order valence-electron chi connectivity index (χ0n) is 17.8. The van der Waals surface area contributed by atoms with Crippen LogP contribution in [0, 0.1) is 5.82 Å². The van der Waals surface area contributed by atoms with Crippen LogP contribution >= 0.6 is 24.0 Å². The number of benzene rings is 2. The van der Waals surface area contributed by atoms with E-state index < -0.39 is 0 Å². The van der Waals surface area contributed by atoms with Gasteiger partial charge < -0.3 is 20.5 Å². The Morgan fingerprint density at radius 2 is 1.80 bits per heavy atom. The van der Waals surface area contributed by atoms with E-state index in [9.17, 15) is 4.39 Å². The van der Waals surface area contributed by atoms with Crippen molar-refractivity contribution in [2.75, 3.05) is 27.2 Å². The van der Waals surface area contributed by atoms with Gasteiger partial charge in [0, 0.05) is 36.7 Å². The maximum Gasteiger partial charge on any atom is 0.191 e. The Morgan fingerprint density at radius 3 is 2.50 bits per heavy atom. The van der Waals surface area contributed by atoms with E-state index in [0.29, 0.717) is 6.54 Å². The van der Waals surface area contributed by atoms with E-state index in [-0.39, 0.29) is 29.8 Å². The highest BCUT2D eigenvalue weighted by Gasteiger charge is 2.05. The first-order valence-corrected chi connectivity index (χ1v) is 10.1. The van der Waals surface area contributed by atoms with Crippen LogP contribution in [0.5, 0.6) is 0 Å². The number of hydrogen-bond acceptors (Lipinski definition) is 2. The van der Waals surface area contributed by atoms with Crippen LogP contribution in [0.2, 0.25) is 0 Å². The molecule has 1 heterocycles. The fraction of sp³-hybridized carbons (Fsp3) is 0.348. The maximum absolute atomic E-state index is 13.3. The predicted molar refractivity (Wildman–Crippen MR) is 134 cm³/mol. The van der Waals surface area contributed by atoms with Crippen LogP contribution in [-0.4, -0.2) is 43.0 Å². The number of halogens is 2. The number of hydrogen-bond donors (Lipinski definition) is 3. The highest BCUT2D eigenvalue weighted by Crippen LogP contribution is 2.19. The summed E-state index contributed by atoms with van der Waals surface area (Å²) in [5.41, 5.74) is 4.48. The second-order valence-corrected chi connectivity index (χ2v) is 7.43. The summed E-state index contributed by atoms with van der Waals surface area (Å²) in [7, 11) is 4.14. The summed E-state index contributed by atoms with van der Waals surface area (Å²) in [5, 5.41) is 7.74. The second kappa shape index (κ2) is 11.9. The van der Waals surface area contributed by atoms with Gasteiger partial charge in [0.15, 0.2) is 5.96 Å². The Labute approximate surface area is 195 Å². The molecule has 0 fully saturated rings. The summed E-state index contributed by atoms with van der Waals surface area (Å²) in [4.78, 5) is 9.99. The summed E-state index contributed by atoms with van der Waals surface area (Å²) in [5.74, 6) is 0.580. The second-order valence-electron chi connectivity index (χ2n) is 7.43. The maximum atomic E-state index is 13.3. The monoisotopic (exact) mass is 523 g/mol. The molecule has 0 aliphatic carbocycles. The summed E-state index contributed by atoms with van der Waals surface area (Å²) in [6, 6.07) is 13.4. The largest absolute Gasteiger partial charge is 0.361 e. The van der Waals surface area contributed by atoms with Gasteiger partial charge in [-0.1, -0.05) is 24.3 Å². The lowest BCUT2D eigenvalue weighted by Gasteiger charge is -2.12. The van der Waals surface area contributed by atoms with Gasteiger partial charge in [-0.05, 0) is 62.3 Å². The van der Waals surface area contributed by atoms with Crippen molar-refractivity contribution in [3.8, 4) is 0 Å². The van der Waals surface area contributed by atoms with Gasteiger partial charge in [-0.3, -0.25) is 0 Å². The highest BCUT2D eigenvalue weighted by atomic mass is 127. The van der Waals surface area contributed by atoms with Crippen molar-refractivity contribution in [1.82, 2.24) is 20.5 Å². The van der Waals surface area contributed by atoms with Gasteiger partial charge in [0.2, 0.25) is 0 Å². The molecule has 3 N–H and O–H groups in total. The van der Waals surface area contributed by atoms with Crippen LogP contribution in [0.25, 0.3) is 10.9 Å². The third-order valence-corrected chi connectivity index (χ3v) is 4.70. The lowest BCUT2D eigenvalue weighted by molar-refractivity contribution is 0.402. The normalized spacial score (nSPS) is 11.6. The number of nitrogens with one attached hydrogen (secondary N) is 3. The van der Waals surface area contributed by atoms with Crippen molar-refractivity contribution in [2.45, 2.75) is 26.4 Å². The molecule has 0 unspecified atom stereocenters. The third kappa shape index (κ3) is 6.98. The molecule has 0 aliphatic rings. The van der Waals surface area contributed by atoms with Gasteiger partial charge in [-0.2, -0.15) is 0 Å². The SMILES string of the molecule is CCNC(=NCc1ccc(CN(C)C)cc1)NCCc1c[nH]c2cc(F)ccc12.I. The van der Waals surface area contributed by atoms with Crippen molar-refractivity contribution in [3.63, 3.8) is 0 Å². The average molecular weight is 523 g/mol. The Morgan fingerprint density at radius 1 is 1.07 bits per heavy atom. The van der Waals surface area contributed by atoms with Gasteiger partial charge in [0.1, 0.15) is 5.82 Å². The van der Waals surface area contributed by atoms with Crippen LogP contribution in [-0.2, 0) is 19.5 Å². The van der Waals surface area contributed by atoms with E-state index in [1.165, 1.54) is 28.8 Å². The van der Waals surface area contributed by atoms with E-state index >= 15 is 0 Å². The topological polar surface area (TPSA) is 55.5 Å². The standard InChI is InChI=1S/C23H30FN5.HI/c1-4-25-23(28-14-17-5-7-18(8-6-17)16-29(2)3)26-12-11-19-15-27-22-13-20(24)9-10-21(19)22;/h5-10,13,15,27H,4,11-12,14,16H2,1-3H3,(H2,25,26,28);1H. The van der Waals surface area contributed by atoms with Crippen LogP contribution in [0.3, 0.4) is 0 Å². The molecule has 30 heavy (non-hydrogen) atoms. The molecule has 3 rings (SSSR count). The number of fused-ring (bicyclic) bond motifs is 1. The lowest BCUT2D eigenvalue weighted by Crippen LogP contribution is -2.38. The third-order valence-electron chi connectivity index (χ3n) is 4.70. The Kier molecular flexibility index (Phi) is 9.58. The molecule has 7 heteroatoms. The van der Waals surface area contributed by atoms with Crippen molar-refractivity contribution in [1.29, 1.82) is 0 Å². The summed E-state index contributed by atoms with van der Waals surface area (Å²) in [6.45, 7) is 5.18. The quantitative estimate of drug-likeness (QED) is 0.235. The number of nitrogens with zero attached hydrogens (tertiary/aromatic N) is 2. The minimum atomic E-state index is -0.222. The summed E-state index contributed by atoms with van der Waals surface area (Å²) >= 11 is 0. The number of aromatic amines is 1. The van der Waals surface area contributed by atoms with Gasteiger partial charge in [0.05, 0.1) is 6.54 Å². The zero-order chi connectivity index (χ0) is 20.6. The van der Waals surface area contributed by atoms with E-state index in [2.05, 4.69) is 65.8 Å². The first-order valence-electron chi connectivity index (χ1n) is 10.1. The molecule has 0 saturated carbocycles. The van der Waals surface area contributed by atoms with E-state index in [1.54, 1.807) is 0 Å². The van der Waals surface area contributed by atoms with Gasteiger partial charge in [-0.15, -0.1) is 24.0 Å². The van der Waals surface area contributed by atoms with E-state index in [1.807, 2.05) is 12.3 Å². The first kappa shape index (κ1) is 24.1. The summed E-state index contributed by atoms with van der Waals surface area (Å²) in [6.07, 6.45) is 2.78. The number of rotatable bonds is 8. The van der Waals surface area contributed by atoms with Crippen molar-refractivity contribution in [2.24, 2.45) is 4.99 Å². The molecule has 0 bridgehead atoms. The Hall–Kier alpha value is -2.13. The molecule has 5 nitrogen and oxygen atoms in total. The Balaban J connectivity index is 0.00000320. The van der Waals surface area contributed by atoms with Crippen molar-refractivity contribution < 1.29 is 4.39 Å². The molecular formula is C23H31FIN5. The minimum absolute atomic E-state index is 0. The lowest BCUT2D eigenvalue weighted by atomic mass is 10.1. The molecule has 0 spiro atoms. The van der Waals surface area contributed by atoms with E-state index in [0.717, 1.165) is 42.9 Å². The van der Waals surface area contributed by atoms with Gasteiger partial charge in [0.25, 0.3) is 0 Å². The molecule has 1 aromatic heterocycles. The predicted octanol–water partition coefficient (Wildman–Crippen LogP) is 4.28. The molecular weight excluding hydrogens is 492 g/mol. The van der Waals surface area contributed by atoms with Gasteiger partial charge >= 0.3 is 0 Å². The van der Waals surface area contributed by atoms with Crippen molar-refractivity contribution >= 4 is 40.8 Å². The zero-order valence-corrected chi connectivity index (χ0v) is 20.2. The highest BCUT2D eigenvalue weighted by molar-refractivity contribution is 14.0. The molecule has 3 aromatic rings. The number of aromatic nitrogens is 1. The molecule has 0 amide bonds. The smallest absolute Gasteiger partial charge is 0.191 e. The Bertz CT molecular complexity index is 950. The molecule has 0 aliphatic heterocycles. The average Bonchev–Trinajstić information content (AvgIpc) is 3.09. The molecule has 0 saturated heterocycles. The summed E-state index contributed by atoms with van der Waals surface area (Å²) < 4.78 is 13.3. The number of H-pyrrole nitrogens is 1. The molecule has 0 radical (unpaired) electrons. The van der Waals surface area contributed by atoms with Crippen molar-refractivity contribution in [3.05, 3.63) is 71.2 Å². The molecule has 2 aromatic carbocycles. The molecule has 162 valence electrons.